The highest BCUT2D eigenvalue weighted by Crippen LogP contribution is 2.11. The largest absolute Gasteiger partial charge is 0.159 e. The van der Waals surface area contributed by atoms with E-state index in [0.29, 0.717) is 0 Å². The molecule has 0 aliphatic heterocycles. The molecule has 1 aromatic rings. The molecule has 1 aromatic heterocycles. The Morgan fingerprint density at radius 2 is 2.10 bits per heavy atom. The summed E-state index contributed by atoms with van der Waals surface area (Å²) in [6.07, 6.45) is 8.02. The first-order chi connectivity index (χ1) is 4.97. The summed E-state index contributed by atoms with van der Waals surface area (Å²) in [5.41, 5.74) is 2.45. The molecule has 1 heterocycles. The molecule has 0 fully saturated rings. The zero-order valence-corrected chi connectivity index (χ0v) is 5.62. The summed E-state index contributed by atoms with van der Waals surface area (Å²) in [4.78, 5) is 0. The van der Waals surface area contributed by atoms with Crippen LogP contribution < -0.4 is 0 Å². The molecule has 2 heteroatoms. The molecule has 0 aromatic carbocycles. The summed E-state index contributed by atoms with van der Waals surface area (Å²) in [5, 5.41) is 7.83. The molecular formula is C8H8N2. The number of hydrogen-bond acceptors (Lipinski definition) is 2. The van der Waals surface area contributed by atoms with Crippen LogP contribution in [0.3, 0.4) is 0 Å². The Balaban J connectivity index is 2.47. The zero-order valence-electron chi connectivity index (χ0n) is 5.62. The van der Waals surface area contributed by atoms with Crippen LogP contribution >= 0.6 is 0 Å². The Morgan fingerprint density at radius 3 is 3.00 bits per heavy atom. The Labute approximate surface area is 59.6 Å². The van der Waals surface area contributed by atoms with Crippen molar-refractivity contribution >= 4 is 0 Å². The average Bonchev–Trinajstić information content (AvgIpc) is 2.05. The molecule has 0 amide bonds. The smallest absolute Gasteiger partial charge is 0.0703 e. The third-order valence-electron chi connectivity index (χ3n) is 1.71. The van der Waals surface area contributed by atoms with Crippen LogP contribution in [0.5, 0.6) is 0 Å². The molecular weight excluding hydrogens is 124 g/mol. The molecule has 0 spiro atoms. The predicted molar refractivity (Wildman–Crippen MR) is 38.6 cm³/mol. The van der Waals surface area contributed by atoms with Gasteiger partial charge in [-0.05, 0) is 18.1 Å². The molecule has 0 unspecified atom stereocenters. The molecule has 0 radical (unpaired) electrons. The van der Waals surface area contributed by atoms with Crippen LogP contribution in [0.4, 0.5) is 0 Å². The van der Waals surface area contributed by atoms with Gasteiger partial charge in [0.05, 0.1) is 5.69 Å². The van der Waals surface area contributed by atoms with Gasteiger partial charge < -0.3 is 0 Å². The fourth-order valence-corrected chi connectivity index (χ4v) is 1.15. The minimum atomic E-state index is 0.948. The maximum absolute atomic E-state index is 4.02. The van der Waals surface area contributed by atoms with Gasteiger partial charge in [-0.25, -0.2) is 0 Å². The van der Waals surface area contributed by atoms with Gasteiger partial charge in [-0.15, -0.1) is 0 Å². The van der Waals surface area contributed by atoms with E-state index in [1.165, 1.54) is 5.56 Å². The number of nitrogens with zero attached hydrogens (tertiary/aromatic N) is 2. The Bertz CT molecular complexity index is 239. The van der Waals surface area contributed by atoms with E-state index in [1.54, 1.807) is 6.20 Å². The lowest BCUT2D eigenvalue weighted by Crippen LogP contribution is -2.00. The van der Waals surface area contributed by atoms with Crippen LogP contribution in [0.15, 0.2) is 24.4 Å². The van der Waals surface area contributed by atoms with E-state index in [2.05, 4.69) is 22.3 Å². The fourth-order valence-electron chi connectivity index (χ4n) is 1.15. The third-order valence-corrected chi connectivity index (χ3v) is 1.71. The van der Waals surface area contributed by atoms with Crippen molar-refractivity contribution in [2.75, 3.05) is 0 Å². The van der Waals surface area contributed by atoms with Gasteiger partial charge >= 0.3 is 0 Å². The van der Waals surface area contributed by atoms with E-state index >= 15 is 0 Å². The average molecular weight is 132 g/mol. The Hall–Kier alpha value is -1.18. The molecule has 0 saturated carbocycles. The van der Waals surface area contributed by atoms with Gasteiger partial charge in [0.15, 0.2) is 0 Å². The zero-order chi connectivity index (χ0) is 6.81. The lowest BCUT2D eigenvalue weighted by atomic mass is 10.0. The maximum atomic E-state index is 4.02. The first-order valence-corrected chi connectivity index (χ1v) is 3.41. The van der Waals surface area contributed by atoms with E-state index in [0.717, 1.165) is 18.5 Å². The highest BCUT2D eigenvalue weighted by Gasteiger charge is 2.03. The lowest BCUT2D eigenvalue weighted by molar-refractivity contribution is 0.899. The van der Waals surface area contributed by atoms with Crippen LogP contribution in [0.2, 0.25) is 0 Å². The van der Waals surface area contributed by atoms with Gasteiger partial charge in [0.25, 0.3) is 0 Å². The summed E-state index contributed by atoms with van der Waals surface area (Å²) in [6, 6.07) is 2.03. The second-order valence-electron chi connectivity index (χ2n) is 2.38. The van der Waals surface area contributed by atoms with Crippen molar-refractivity contribution in [2.24, 2.45) is 0 Å². The SMILES string of the molecule is C1=CCc2nnccc2C1. The van der Waals surface area contributed by atoms with E-state index in [1.807, 2.05) is 6.07 Å². The van der Waals surface area contributed by atoms with Crippen LogP contribution in [0.25, 0.3) is 0 Å². The summed E-state index contributed by atoms with van der Waals surface area (Å²) >= 11 is 0. The van der Waals surface area contributed by atoms with Crippen LogP contribution in [-0.2, 0) is 12.8 Å². The summed E-state index contributed by atoms with van der Waals surface area (Å²) < 4.78 is 0. The van der Waals surface area contributed by atoms with Crippen molar-refractivity contribution in [3.8, 4) is 0 Å². The molecule has 2 rings (SSSR count). The number of aromatic nitrogens is 2. The first kappa shape index (κ1) is 5.59. The monoisotopic (exact) mass is 132 g/mol. The molecule has 10 heavy (non-hydrogen) atoms. The molecule has 0 N–H and O–H groups in total. The van der Waals surface area contributed by atoms with E-state index in [9.17, 15) is 0 Å². The lowest BCUT2D eigenvalue weighted by Gasteiger charge is -2.06. The van der Waals surface area contributed by atoms with Gasteiger partial charge in [0.2, 0.25) is 0 Å². The second kappa shape index (κ2) is 2.21. The minimum Gasteiger partial charge on any atom is -0.159 e. The van der Waals surface area contributed by atoms with Crippen molar-refractivity contribution in [3.63, 3.8) is 0 Å². The summed E-state index contributed by atoms with van der Waals surface area (Å²) in [7, 11) is 0. The van der Waals surface area contributed by atoms with Gasteiger partial charge in [-0.1, -0.05) is 12.2 Å². The topological polar surface area (TPSA) is 25.8 Å². The van der Waals surface area contributed by atoms with Crippen molar-refractivity contribution in [3.05, 3.63) is 35.7 Å². The molecule has 2 nitrogen and oxygen atoms in total. The van der Waals surface area contributed by atoms with Crippen molar-refractivity contribution in [1.29, 1.82) is 0 Å². The number of allylic oxidation sites excluding steroid dienone is 2. The molecule has 0 bridgehead atoms. The van der Waals surface area contributed by atoms with Gasteiger partial charge in [-0.3, -0.25) is 0 Å². The third kappa shape index (κ3) is 0.817. The Morgan fingerprint density at radius 1 is 1.20 bits per heavy atom. The first-order valence-electron chi connectivity index (χ1n) is 3.41. The number of hydrogen-bond donors (Lipinski definition) is 0. The molecule has 1 aliphatic carbocycles. The summed E-state index contributed by atoms with van der Waals surface area (Å²) in [6.45, 7) is 0. The highest BCUT2D eigenvalue weighted by atomic mass is 15.1. The highest BCUT2D eigenvalue weighted by molar-refractivity contribution is 5.25. The van der Waals surface area contributed by atoms with Crippen molar-refractivity contribution < 1.29 is 0 Å². The van der Waals surface area contributed by atoms with Crippen LogP contribution in [0, 0.1) is 0 Å². The molecule has 0 saturated heterocycles. The maximum Gasteiger partial charge on any atom is 0.0703 e. The van der Waals surface area contributed by atoms with Crippen molar-refractivity contribution in [1.82, 2.24) is 10.2 Å². The van der Waals surface area contributed by atoms with E-state index < -0.39 is 0 Å². The standard InChI is InChI=1S/C8H8N2/c1-2-4-8-7(3-1)5-6-9-10-8/h1-2,5-6H,3-4H2. The number of rotatable bonds is 0. The molecule has 1 aliphatic rings. The van der Waals surface area contributed by atoms with Crippen LogP contribution in [0.1, 0.15) is 11.3 Å². The van der Waals surface area contributed by atoms with Gasteiger partial charge in [-0.2, -0.15) is 10.2 Å². The van der Waals surface area contributed by atoms with Gasteiger partial charge in [0, 0.05) is 12.6 Å². The summed E-state index contributed by atoms with van der Waals surface area (Å²) in [5.74, 6) is 0. The van der Waals surface area contributed by atoms with E-state index in [4.69, 9.17) is 0 Å². The predicted octanol–water partition coefficient (Wildman–Crippen LogP) is 1.13. The van der Waals surface area contributed by atoms with E-state index in [-0.39, 0.29) is 0 Å². The second-order valence-corrected chi connectivity index (χ2v) is 2.38. The Kier molecular flexibility index (Phi) is 1.24. The molecule has 0 atom stereocenters. The fraction of sp³-hybridized carbons (Fsp3) is 0.250. The van der Waals surface area contributed by atoms with Gasteiger partial charge in [0.1, 0.15) is 0 Å². The number of fused-ring (bicyclic) bond motifs is 1. The quantitative estimate of drug-likeness (QED) is 0.494. The van der Waals surface area contributed by atoms with Crippen molar-refractivity contribution in [2.45, 2.75) is 12.8 Å². The normalized spacial score (nSPS) is 14.8. The van der Waals surface area contributed by atoms with Crippen LogP contribution in [-0.4, -0.2) is 10.2 Å². The minimum absolute atomic E-state index is 0.948. The molecule has 50 valence electrons.